The smallest absolute Gasteiger partial charge is 0.261 e. The maximum atomic E-state index is 12.5. The predicted octanol–water partition coefficient (Wildman–Crippen LogP) is 3.07. The van der Waals surface area contributed by atoms with Crippen molar-refractivity contribution >= 4 is 17.2 Å². The number of amides is 1. The number of fused-ring (bicyclic) bond motifs is 1. The minimum absolute atomic E-state index is 0.0760. The Morgan fingerprint density at radius 3 is 2.59 bits per heavy atom. The highest BCUT2D eigenvalue weighted by molar-refractivity contribution is 7.14. The highest BCUT2D eigenvalue weighted by Gasteiger charge is 2.24. The van der Waals surface area contributed by atoms with Crippen LogP contribution in [0.4, 0.5) is 0 Å². The SMILES string of the molecule is O=C(NC1Cc2ccccc2C1)c1ccc(C2CCCN2)s1. The molecule has 4 heteroatoms. The van der Waals surface area contributed by atoms with E-state index in [2.05, 4.69) is 41.0 Å². The van der Waals surface area contributed by atoms with E-state index in [0.29, 0.717) is 6.04 Å². The number of rotatable bonds is 3. The van der Waals surface area contributed by atoms with Gasteiger partial charge in [-0.15, -0.1) is 11.3 Å². The molecule has 2 aromatic rings. The second-order valence-corrected chi connectivity index (χ2v) is 7.31. The zero-order valence-corrected chi connectivity index (χ0v) is 13.3. The van der Waals surface area contributed by atoms with Gasteiger partial charge in [0.05, 0.1) is 4.88 Å². The van der Waals surface area contributed by atoms with E-state index in [9.17, 15) is 4.79 Å². The Labute approximate surface area is 134 Å². The molecule has 0 bridgehead atoms. The number of carbonyl (C=O) groups excluding carboxylic acids is 1. The molecular formula is C18H20N2OS. The van der Waals surface area contributed by atoms with Crippen LogP contribution in [0.25, 0.3) is 0 Å². The van der Waals surface area contributed by atoms with Gasteiger partial charge in [-0.3, -0.25) is 4.79 Å². The lowest BCUT2D eigenvalue weighted by atomic mass is 10.1. The molecule has 4 rings (SSSR count). The van der Waals surface area contributed by atoms with Crippen molar-refractivity contribution in [3.8, 4) is 0 Å². The fourth-order valence-corrected chi connectivity index (χ4v) is 4.53. The average molecular weight is 312 g/mol. The summed E-state index contributed by atoms with van der Waals surface area (Å²) in [5.74, 6) is 0.0760. The lowest BCUT2D eigenvalue weighted by Gasteiger charge is -2.11. The molecule has 1 atom stereocenters. The van der Waals surface area contributed by atoms with Gasteiger partial charge in [0, 0.05) is 17.0 Å². The van der Waals surface area contributed by atoms with Crippen LogP contribution in [-0.4, -0.2) is 18.5 Å². The fraction of sp³-hybridized carbons (Fsp3) is 0.389. The predicted molar refractivity (Wildman–Crippen MR) is 89.4 cm³/mol. The summed E-state index contributed by atoms with van der Waals surface area (Å²) in [5, 5.41) is 6.69. The Kier molecular flexibility index (Phi) is 3.72. The fourth-order valence-electron chi connectivity index (χ4n) is 3.51. The van der Waals surface area contributed by atoms with Crippen LogP contribution < -0.4 is 10.6 Å². The first kappa shape index (κ1) is 14.0. The first-order chi connectivity index (χ1) is 10.8. The van der Waals surface area contributed by atoms with E-state index in [-0.39, 0.29) is 11.9 Å². The topological polar surface area (TPSA) is 41.1 Å². The van der Waals surface area contributed by atoms with Gasteiger partial charge in [0.2, 0.25) is 0 Å². The van der Waals surface area contributed by atoms with Gasteiger partial charge in [-0.25, -0.2) is 0 Å². The molecule has 1 aromatic carbocycles. The van der Waals surface area contributed by atoms with Crippen molar-refractivity contribution < 1.29 is 4.79 Å². The number of carbonyl (C=O) groups is 1. The third-order valence-electron chi connectivity index (χ3n) is 4.64. The van der Waals surface area contributed by atoms with Gasteiger partial charge in [-0.2, -0.15) is 0 Å². The van der Waals surface area contributed by atoms with Crippen LogP contribution in [0.2, 0.25) is 0 Å². The molecule has 0 spiro atoms. The summed E-state index contributed by atoms with van der Waals surface area (Å²) in [4.78, 5) is 14.6. The molecule has 0 radical (unpaired) electrons. The average Bonchev–Trinajstić information content (AvgIpc) is 3.26. The van der Waals surface area contributed by atoms with Gasteiger partial charge >= 0.3 is 0 Å². The van der Waals surface area contributed by atoms with Crippen LogP contribution in [0.3, 0.4) is 0 Å². The van der Waals surface area contributed by atoms with Crippen LogP contribution in [0.15, 0.2) is 36.4 Å². The summed E-state index contributed by atoms with van der Waals surface area (Å²) in [6, 6.07) is 13.2. The first-order valence-electron chi connectivity index (χ1n) is 8.00. The largest absolute Gasteiger partial charge is 0.348 e. The molecule has 0 saturated carbocycles. The molecule has 3 nitrogen and oxygen atoms in total. The van der Waals surface area contributed by atoms with Crippen molar-refractivity contribution in [3.63, 3.8) is 0 Å². The molecule has 2 heterocycles. The summed E-state index contributed by atoms with van der Waals surface area (Å²) >= 11 is 1.63. The highest BCUT2D eigenvalue weighted by atomic mass is 32.1. The zero-order valence-electron chi connectivity index (χ0n) is 12.5. The van der Waals surface area contributed by atoms with Crippen LogP contribution >= 0.6 is 11.3 Å². The van der Waals surface area contributed by atoms with Gasteiger partial charge in [0.1, 0.15) is 0 Å². The van der Waals surface area contributed by atoms with Crippen molar-refractivity contribution in [2.75, 3.05) is 6.54 Å². The maximum Gasteiger partial charge on any atom is 0.261 e. The van der Waals surface area contributed by atoms with Crippen molar-refractivity contribution in [2.24, 2.45) is 0 Å². The maximum absolute atomic E-state index is 12.5. The van der Waals surface area contributed by atoms with Crippen molar-refractivity contribution in [2.45, 2.75) is 37.8 Å². The molecule has 2 aliphatic rings. The van der Waals surface area contributed by atoms with Crippen LogP contribution in [0.1, 0.15) is 44.6 Å². The Morgan fingerprint density at radius 2 is 1.91 bits per heavy atom. The van der Waals surface area contributed by atoms with E-state index in [0.717, 1.165) is 24.3 Å². The Balaban J connectivity index is 1.41. The Bertz CT molecular complexity index is 663. The molecule has 1 unspecified atom stereocenters. The summed E-state index contributed by atoms with van der Waals surface area (Å²) in [6.07, 6.45) is 4.30. The van der Waals surface area contributed by atoms with Crippen LogP contribution in [-0.2, 0) is 12.8 Å². The summed E-state index contributed by atoms with van der Waals surface area (Å²) in [7, 11) is 0. The molecular weight excluding hydrogens is 292 g/mol. The third kappa shape index (κ3) is 2.69. The normalized spacial score (nSPS) is 21.0. The van der Waals surface area contributed by atoms with E-state index in [1.54, 1.807) is 11.3 Å². The van der Waals surface area contributed by atoms with Crippen molar-refractivity contribution in [1.82, 2.24) is 10.6 Å². The number of hydrogen-bond donors (Lipinski definition) is 2. The first-order valence-corrected chi connectivity index (χ1v) is 8.82. The molecule has 1 amide bonds. The lowest BCUT2D eigenvalue weighted by Crippen LogP contribution is -2.34. The molecule has 1 aliphatic carbocycles. The van der Waals surface area contributed by atoms with Gasteiger partial charge in [-0.05, 0) is 55.5 Å². The molecule has 114 valence electrons. The number of nitrogens with one attached hydrogen (secondary N) is 2. The number of hydrogen-bond acceptors (Lipinski definition) is 3. The quantitative estimate of drug-likeness (QED) is 0.914. The van der Waals surface area contributed by atoms with Crippen molar-refractivity contribution in [1.29, 1.82) is 0 Å². The Hall–Kier alpha value is -1.65. The van der Waals surface area contributed by atoms with Gasteiger partial charge in [-0.1, -0.05) is 24.3 Å². The van der Waals surface area contributed by atoms with E-state index >= 15 is 0 Å². The van der Waals surface area contributed by atoms with Gasteiger partial charge < -0.3 is 10.6 Å². The lowest BCUT2D eigenvalue weighted by molar-refractivity contribution is 0.0942. The van der Waals surface area contributed by atoms with Gasteiger partial charge in [0.25, 0.3) is 5.91 Å². The summed E-state index contributed by atoms with van der Waals surface area (Å²) in [5.41, 5.74) is 2.74. The van der Waals surface area contributed by atoms with E-state index in [4.69, 9.17) is 0 Å². The van der Waals surface area contributed by atoms with Crippen molar-refractivity contribution in [3.05, 3.63) is 57.3 Å². The molecule has 1 fully saturated rings. The Morgan fingerprint density at radius 1 is 1.14 bits per heavy atom. The van der Waals surface area contributed by atoms with Gasteiger partial charge in [0.15, 0.2) is 0 Å². The standard InChI is InChI=1S/C18H20N2OS/c21-18(17-8-7-16(22-17)15-6-3-9-19-15)20-14-10-12-4-1-2-5-13(12)11-14/h1-2,4-5,7-8,14-15,19H,3,6,9-11H2,(H,20,21). The molecule has 1 aliphatic heterocycles. The third-order valence-corrected chi connectivity index (χ3v) is 5.84. The minimum Gasteiger partial charge on any atom is -0.348 e. The second kappa shape index (κ2) is 5.86. The highest BCUT2D eigenvalue weighted by Crippen LogP contribution is 2.29. The zero-order chi connectivity index (χ0) is 14.9. The second-order valence-electron chi connectivity index (χ2n) is 6.20. The summed E-state index contributed by atoms with van der Waals surface area (Å²) in [6.45, 7) is 1.09. The van der Waals surface area contributed by atoms with E-state index in [1.165, 1.54) is 28.8 Å². The molecule has 1 aromatic heterocycles. The number of thiophene rings is 1. The minimum atomic E-state index is 0.0760. The molecule has 1 saturated heterocycles. The van der Waals surface area contributed by atoms with Crippen LogP contribution in [0, 0.1) is 0 Å². The monoisotopic (exact) mass is 312 g/mol. The number of benzene rings is 1. The molecule has 22 heavy (non-hydrogen) atoms. The molecule has 2 N–H and O–H groups in total. The summed E-state index contributed by atoms with van der Waals surface area (Å²) < 4.78 is 0. The van der Waals surface area contributed by atoms with Crippen LogP contribution in [0.5, 0.6) is 0 Å². The van der Waals surface area contributed by atoms with E-state index < -0.39 is 0 Å². The van der Waals surface area contributed by atoms with E-state index in [1.807, 2.05) is 6.07 Å².